The van der Waals surface area contributed by atoms with Gasteiger partial charge in [-0.1, -0.05) is 39.8 Å². The fourth-order valence-electron chi connectivity index (χ4n) is 2.42. The molecule has 23 heavy (non-hydrogen) atoms. The van der Waals surface area contributed by atoms with Gasteiger partial charge in [0, 0.05) is 35.1 Å². The molecule has 1 aromatic rings. The van der Waals surface area contributed by atoms with Crippen molar-refractivity contribution in [2.45, 2.75) is 27.7 Å². The summed E-state index contributed by atoms with van der Waals surface area (Å²) in [5.74, 6) is 1.32. The van der Waals surface area contributed by atoms with Gasteiger partial charge in [-0.25, -0.2) is 0 Å². The Balaban J connectivity index is 0. The van der Waals surface area contributed by atoms with Crippen LogP contribution in [0.25, 0.3) is 5.76 Å². The van der Waals surface area contributed by atoms with Crippen molar-refractivity contribution in [3.63, 3.8) is 0 Å². The van der Waals surface area contributed by atoms with Crippen molar-refractivity contribution in [2.75, 3.05) is 7.11 Å². The van der Waals surface area contributed by atoms with Crippen LogP contribution in [0.2, 0.25) is 0 Å². The number of hydrogen-bond donors (Lipinski definition) is 1. The van der Waals surface area contributed by atoms with E-state index in [1.807, 2.05) is 6.07 Å². The second kappa shape index (κ2) is 11.3. The Bertz CT molecular complexity index is 557. The topological polar surface area (TPSA) is 78.8 Å². The van der Waals surface area contributed by atoms with Gasteiger partial charge in [-0.15, -0.1) is 0 Å². The molecule has 1 rings (SSSR count). The van der Waals surface area contributed by atoms with Crippen LogP contribution < -0.4 is 39.0 Å². The summed E-state index contributed by atoms with van der Waals surface area (Å²) >= 11 is 0. The van der Waals surface area contributed by atoms with Crippen LogP contribution >= 0.6 is 7.82 Å². The molecule has 1 N–H and O–H groups in total. The van der Waals surface area contributed by atoms with E-state index in [-0.39, 0.29) is 76.7 Å². The third-order valence-corrected chi connectivity index (χ3v) is 3.47. The van der Waals surface area contributed by atoms with Gasteiger partial charge >= 0.3 is 37.4 Å². The second-order valence-corrected chi connectivity index (χ2v) is 6.51. The van der Waals surface area contributed by atoms with E-state index in [1.54, 1.807) is 13.2 Å². The van der Waals surface area contributed by atoms with E-state index in [0.717, 1.165) is 5.57 Å². The maximum atomic E-state index is 10.8. The number of benzene rings is 1. The fraction of sp³-hybridized carbons (Fsp3) is 0.467. The Morgan fingerprint density at radius 3 is 2.13 bits per heavy atom. The minimum Gasteiger partial charge on any atom is -0.746 e. The Morgan fingerprint density at radius 1 is 1.22 bits per heavy atom. The Morgan fingerprint density at radius 2 is 1.74 bits per heavy atom. The summed E-state index contributed by atoms with van der Waals surface area (Å²) in [6.45, 7) is 8.31. The zero-order valence-electron chi connectivity index (χ0n) is 15.0. The molecule has 0 saturated carbocycles. The molecule has 0 heterocycles. The molecule has 0 bridgehead atoms. The Labute approximate surface area is 182 Å². The van der Waals surface area contributed by atoms with Crippen molar-refractivity contribution < 1.29 is 53.2 Å². The zero-order valence-corrected chi connectivity index (χ0v) is 19.9. The molecule has 5 nitrogen and oxygen atoms in total. The van der Waals surface area contributed by atoms with Gasteiger partial charge in [0.1, 0.15) is 11.5 Å². The second-order valence-electron chi connectivity index (χ2n) is 5.39. The van der Waals surface area contributed by atoms with Crippen LogP contribution in [0.4, 0.5) is 0 Å². The molecule has 119 valence electrons. The average molecular weight is 359 g/mol. The van der Waals surface area contributed by atoms with Gasteiger partial charge in [-0.05, 0) is 29.5 Å². The first kappa shape index (κ1) is 25.9. The van der Waals surface area contributed by atoms with Crippen LogP contribution in [-0.4, -0.2) is 41.6 Å². The molecule has 1 atom stereocenters. The molecule has 1 unspecified atom stereocenters. The SMILES string of the molecule is COC(=C(C(C)C)C(C)C)c1cccc(OP(=O)([O-])O)c1.[Na+].[Na]. The minimum atomic E-state index is -4.81. The summed E-state index contributed by atoms with van der Waals surface area (Å²) in [6, 6.07) is 6.45. The normalized spacial score (nSPS) is 12.7. The number of phosphoric acid groups is 1. The molecule has 0 fully saturated rings. The van der Waals surface area contributed by atoms with E-state index in [9.17, 15) is 9.46 Å². The van der Waals surface area contributed by atoms with Gasteiger partial charge < -0.3 is 19.0 Å². The summed E-state index contributed by atoms with van der Waals surface area (Å²) in [5, 5.41) is 0. The maximum absolute atomic E-state index is 10.8. The number of hydrogen-bond acceptors (Lipinski definition) is 4. The monoisotopic (exact) mass is 359 g/mol. The predicted octanol–water partition coefficient (Wildman–Crippen LogP) is -0.181. The smallest absolute Gasteiger partial charge is 0.746 e. The minimum absolute atomic E-state index is 0. The molecule has 0 aromatic heterocycles. The first-order valence-corrected chi connectivity index (χ1v) is 8.27. The van der Waals surface area contributed by atoms with E-state index < -0.39 is 7.82 Å². The molecule has 0 spiro atoms. The van der Waals surface area contributed by atoms with Crippen LogP contribution in [0.5, 0.6) is 5.75 Å². The van der Waals surface area contributed by atoms with E-state index in [2.05, 4.69) is 32.2 Å². The van der Waals surface area contributed by atoms with Crippen molar-refractivity contribution in [2.24, 2.45) is 11.8 Å². The number of allylic oxidation sites excluding steroid dienone is 1. The standard InChI is InChI=1S/C15H23O5P.2Na/c1-10(2)14(11(3)4)15(19-5)12-7-6-8-13(9-12)20-21(16,17)18;;/h6-11H,1-5H3,(H2,16,17,18);;/q;;+1/p-1. The largest absolute Gasteiger partial charge is 1.00 e. The van der Waals surface area contributed by atoms with Gasteiger partial charge in [0.2, 0.25) is 0 Å². The summed E-state index contributed by atoms with van der Waals surface area (Å²) in [6.07, 6.45) is 0. The molecule has 0 saturated heterocycles. The maximum Gasteiger partial charge on any atom is 1.00 e. The molecular weight excluding hydrogens is 337 g/mol. The van der Waals surface area contributed by atoms with Crippen molar-refractivity contribution in [1.29, 1.82) is 0 Å². The van der Waals surface area contributed by atoms with Gasteiger partial charge in [0.15, 0.2) is 0 Å². The molecule has 8 heteroatoms. The quantitative estimate of drug-likeness (QED) is 0.433. The predicted molar refractivity (Wildman–Crippen MR) is 86.3 cm³/mol. The molecule has 1 radical (unpaired) electrons. The van der Waals surface area contributed by atoms with E-state index in [1.165, 1.54) is 12.1 Å². The van der Waals surface area contributed by atoms with Crippen molar-refractivity contribution >= 4 is 43.1 Å². The average Bonchev–Trinajstić information content (AvgIpc) is 2.32. The molecule has 0 aliphatic carbocycles. The van der Waals surface area contributed by atoms with Crippen LogP contribution in [0.15, 0.2) is 29.8 Å². The molecular formula is C15H22Na2O5P. The first-order chi connectivity index (χ1) is 9.65. The van der Waals surface area contributed by atoms with Crippen molar-refractivity contribution in [1.82, 2.24) is 0 Å². The summed E-state index contributed by atoms with van der Waals surface area (Å²) in [7, 11) is -3.23. The third kappa shape index (κ3) is 8.57. The summed E-state index contributed by atoms with van der Waals surface area (Å²) < 4.78 is 20.9. The van der Waals surface area contributed by atoms with Crippen LogP contribution in [-0.2, 0) is 9.30 Å². The van der Waals surface area contributed by atoms with Gasteiger partial charge in [0.25, 0.3) is 0 Å². The van der Waals surface area contributed by atoms with Gasteiger partial charge in [-0.3, -0.25) is 4.57 Å². The molecule has 0 aliphatic rings. The Hall–Kier alpha value is 0.710. The third-order valence-electron chi connectivity index (χ3n) is 3.03. The molecule has 0 amide bonds. The number of rotatable bonds is 6. The fourth-order valence-corrected chi connectivity index (χ4v) is 2.80. The van der Waals surface area contributed by atoms with Gasteiger partial charge in [0.05, 0.1) is 7.11 Å². The molecule has 0 aliphatic heterocycles. The summed E-state index contributed by atoms with van der Waals surface area (Å²) in [4.78, 5) is 19.6. The Kier molecular flexibility index (Phi) is 12.8. The van der Waals surface area contributed by atoms with E-state index in [4.69, 9.17) is 9.63 Å². The van der Waals surface area contributed by atoms with Crippen LogP contribution in [0, 0.1) is 11.8 Å². The van der Waals surface area contributed by atoms with Gasteiger partial charge in [-0.2, -0.15) is 0 Å². The van der Waals surface area contributed by atoms with Crippen LogP contribution in [0.3, 0.4) is 0 Å². The van der Waals surface area contributed by atoms with E-state index >= 15 is 0 Å². The van der Waals surface area contributed by atoms with E-state index in [0.29, 0.717) is 11.3 Å². The van der Waals surface area contributed by atoms with Crippen LogP contribution in [0.1, 0.15) is 33.3 Å². The molecule has 1 aromatic carbocycles. The summed E-state index contributed by atoms with van der Waals surface area (Å²) in [5.41, 5.74) is 1.84. The number of phosphoric ester groups is 1. The number of ether oxygens (including phenoxy) is 1. The number of methoxy groups -OCH3 is 1. The van der Waals surface area contributed by atoms with Crippen molar-refractivity contribution in [3.8, 4) is 5.75 Å². The first-order valence-electron chi connectivity index (χ1n) is 6.77. The zero-order chi connectivity index (χ0) is 16.2. The van der Waals surface area contributed by atoms with Crippen molar-refractivity contribution in [3.05, 3.63) is 35.4 Å².